The lowest BCUT2D eigenvalue weighted by atomic mass is 10.2. The zero-order valence-corrected chi connectivity index (χ0v) is 14.7. The van der Waals surface area contributed by atoms with Crippen molar-refractivity contribution in [2.45, 2.75) is 15.7 Å². The zero-order chi connectivity index (χ0) is 14.7. The fourth-order valence-corrected chi connectivity index (χ4v) is 4.81. The molecule has 0 fully saturated rings. The first-order chi connectivity index (χ1) is 10.3. The Labute approximate surface area is 142 Å². The highest BCUT2D eigenvalue weighted by molar-refractivity contribution is 8.23. The Morgan fingerprint density at radius 1 is 1.10 bits per heavy atom. The minimum absolute atomic E-state index is 0.982. The second-order valence-corrected chi connectivity index (χ2v) is 8.38. The summed E-state index contributed by atoms with van der Waals surface area (Å²) in [6, 6.07) is 16.6. The fourth-order valence-electron chi connectivity index (χ4n) is 2.00. The van der Waals surface area contributed by atoms with E-state index in [-0.39, 0.29) is 0 Å². The van der Waals surface area contributed by atoms with Gasteiger partial charge in [0, 0.05) is 11.3 Å². The Morgan fingerprint density at radius 3 is 2.62 bits per heavy atom. The predicted molar refractivity (Wildman–Crippen MR) is 100 cm³/mol. The maximum Gasteiger partial charge on any atom is 0.150 e. The van der Waals surface area contributed by atoms with Gasteiger partial charge in [0.05, 0.1) is 14.4 Å². The van der Waals surface area contributed by atoms with Gasteiger partial charge in [0.25, 0.3) is 0 Å². The van der Waals surface area contributed by atoms with E-state index in [1.54, 1.807) is 34.9 Å². The van der Waals surface area contributed by atoms with E-state index < -0.39 is 0 Å². The van der Waals surface area contributed by atoms with Gasteiger partial charge >= 0.3 is 0 Å². The Morgan fingerprint density at radius 2 is 1.86 bits per heavy atom. The lowest BCUT2D eigenvalue weighted by molar-refractivity contribution is 1.27. The van der Waals surface area contributed by atoms with E-state index in [0.29, 0.717) is 0 Å². The first-order valence-electron chi connectivity index (χ1n) is 6.44. The summed E-state index contributed by atoms with van der Waals surface area (Å²) in [7, 11) is 0. The number of rotatable bonds is 1. The highest BCUT2D eigenvalue weighted by Crippen LogP contribution is 2.32. The molecule has 1 aromatic heterocycles. The molecule has 0 spiro atoms. The molecule has 1 aliphatic rings. The third kappa shape index (κ3) is 3.66. The second kappa shape index (κ2) is 6.92. The van der Waals surface area contributed by atoms with Crippen LogP contribution in [0.2, 0.25) is 0 Å². The standard InChI is InChI=1S/C8H7NS2.C8H6S2/c1-10-8-9-6-4-2-3-5-7(6)11-8;9-8-5-6-3-1-2-4-7(6)10-8/h2-5H,1H3;1-4H,5H2. The van der Waals surface area contributed by atoms with Crippen LogP contribution in [0.15, 0.2) is 57.8 Å². The number of aromatic nitrogens is 1. The van der Waals surface area contributed by atoms with Crippen LogP contribution in [0.4, 0.5) is 0 Å². The molecule has 0 radical (unpaired) electrons. The van der Waals surface area contributed by atoms with Crippen molar-refractivity contribution in [2.24, 2.45) is 0 Å². The number of hydrogen-bond donors (Lipinski definition) is 0. The summed E-state index contributed by atoms with van der Waals surface area (Å²) < 4.78 is 3.52. The molecule has 1 aliphatic heterocycles. The molecule has 2 heterocycles. The minimum Gasteiger partial charge on any atom is -0.230 e. The molecule has 3 aromatic rings. The van der Waals surface area contributed by atoms with Gasteiger partial charge in [-0.2, -0.15) is 0 Å². The molecule has 0 bridgehead atoms. The lowest BCUT2D eigenvalue weighted by Gasteiger charge is -1.91. The van der Waals surface area contributed by atoms with Gasteiger partial charge in [-0.15, -0.1) is 11.3 Å². The number of nitrogens with zero attached hydrogens (tertiary/aromatic N) is 1. The normalized spacial score (nSPS) is 12.9. The van der Waals surface area contributed by atoms with Crippen LogP contribution in [0, 0.1) is 0 Å². The van der Waals surface area contributed by atoms with Gasteiger partial charge in [-0.3, -0.25) is 0 Å². The largest absolute Gasteiger partial charge is 0.230 e. The minimum atomic E-state index is 0.982. The first-order valence-corrected chi connectivity index (χ1v) is 9.71. The molecule has 0 N–H and O–H groups in total. The van der Waals surface area contributed by atoms with Crippen molar-refractivity contribution in [1.82, 2.24) is 4.98 Å². The maximum atomic E-state index is 5.09. The van der Waals surface area contributed by atoms with Crippen molar-refractivity contribution in [3.8, 4) is 0 Å². The van der Waals surface area contributed by atoms with Crippen LogP contribution in [-0.2, 0) is 6.42 Å². The maximum absolute atomic E-state index is 5.09. The molecule has 0 saturated carbocycles. The average molecular weight is 348 g/mol. The van der Waals surface area contributed by atoms with E-state index in [2.05, 4.69) is 41.6 Å². The van der Waals surface area contributed by atoms with Crippen molar-refractivity contribution in [2.75, 3.05) is 6.26 Å². The van der Waals surface area contributed by atoms with E-state index in [4.69, 9.17) is 12.2 Å². The van der Waals surface area contributed by atoms with E-state index in [9.17, 15) is 0 Å². The van der Waals surface area contributed by atoms with Crippen molar-refractivity contribution >= 4 is 61.5 Å². The Balaban J connectivity index is 0.000000126. The van der Waals surface area contributed by atoms with Crippen molar-refractivity contribution in [1.29, 1.82) is 0 Å². The highest BCUT2D eigenvalue weighted by atomic mass is 32.2. The van der Waals surface area contributed by atoms with Crippen LogP contribution >= 0.6 is 47.1 Å². The Kier molecular flexibility index (Phi) is 4.95. The predicted octanol–water partition coefficient (Wildman–Crippen LogP) is 5.68. The molecule has 5 heteroatoms. The van der Waals surface area contributed by atoms with E-state index in [1.165, 1.54) is 15.2 Å². The number of hydrogen-bond acceptors (Lipinski definition) is 5. The zero-order valence-electron chi connectivity index (χ0n) is 11.4. The fraction of sp³-hybridized carbons (Fsp3) is 0.125. The summed E-state index contributed by atoms with van der Waals surface area (Å²) in [4.78, 5) is 5.75. The third-order valence-electron chi connectivity index (χ3n) is 2.98. The van der Waals surface area contributed by atoms with Crippen LogP contribution < -0.4 is 0 Å². The molecular weight excluding hydrogens is 334 g/mol. The summed E-state index contributed by atoms with van der Waals surface area (Å²) in [5.41, 5.74) is 2.50. The van der Waals surface area contributed by atoms with Gasteiger partial charge in [0.15, 0.2) is 4.34 Å². The molecule has 0 amide bonds. The molecule has 21 heavy (non-hydrogen) atoms. The van der Waals surface area contributed by atoms with Gasteiger partial charge in [-0.1, -0.05) is 66.1 Å². The van der Waals surface area contributed by atoms with Crippen molar-refractivity contribution < 1.29 is 0 Å². The molecule has 0 aliphatic carbocycles. The Hall–Kier alpha value is -0.880. The van der Waals surface area contributed by atoms with Crippen LogP contribution in [0.5, 0.6) is 0 Å². The average Bonchev–Trinajstić information content (AvgIpc) is 3.09. The highest BCUT2D eigenvalue weighted by Gasteiger charge is 2.14. The molecule has 0 saturated heterocycles. The smallest absolute Gasteiger partial charge is 0.150 e. The van der Waals surface area contributed by atoms with E-state index in [1.807, 2.05) is 18.2 Å². The quantitative estimate of drug-likeness (QED) is 0.414. The van der Waals surface area contributed by atoms with Gasteiger partial charge in [0.1, 0.15) is 0 Å². The van der Waals surface area contributed by atoms with Crippen molar-refractivity contribution in [3.05, 3.63) is 54.1 Å². The SMILES string of the molecule is CSc1nc2ccccc2s1.S=C1Cc2ccccc2S1. The van der Waals surface area contributed by atoms with Gasteiger partial charge in [-0.25, -0.2) is 4.98 Å². The molecule has 4 rings (SSSR count). The van der Waals surface area contributed by atoms with Gasteiger partial charge in [0.2, 0.25) is 0 Å². The summed E-state index contributed by atoms with van der Waals surface area (Å²) in [5.74, 6) is 0. The Bertz CT molecular complexity index is 719. The summed E-state index contributed by atoms with van der Waals surface area (Å²) in [6.07, 6.45) is 3.04. The van der Waals surface area contributed by atoms with Crippen molar-refractivity contribution in [3.63, 3.8) is 0 Å². The lowest BCUT2D eigenvalue weighted by Crippen LogP contribution is -1.82. The number of para-hydroxylation sites is 1. The molecule has 0 unspecified atom stereocenters. The van der Waals surface area contributed by atoms with Crippen LogP contribution in [-0.4, -0.2) is 15.4 Å². The monoisotopic (exact) mass is 347 g/mol. The van der Waals surface area contributed by atoms with E-state index in [0.717, 1.165) is 20.5 Å². The second-order valence-electron chi connectivity index (χ2n) is 4.41. The molecule has 2 aromatic carbocycles. The summed E-state index contributed by atoms with van der Waals surface area (Å²) in [6.45, 7) is 0. The topological polar surface area (TPSA) is 12.9 Å². The summed E-state index contributed by atoms with van der Waals surface area (Å²) in [5, 5.41) is 0. The summed E-state index contributed by atoms with van der Waals surface area (Å²) >= 11 is 10.3. The molecular formula is C16H13NS4. The van der Waals surface area contributed by atoms with Crippen LogP contribution in [0.25, 0.3) is 10.2 Å². The number of thiazole rings is 1. The number of thiocarbonyl (C=S) groups is 1. The molecule has 1 nitrogen and oxygen atoms in total. The molecule has 0 atom stereocenters. The number of benzene rings is 2. The van der Waals surface area contributed by atoms with Gasteiger partial charge < -0.3 is 0 Å². The van der Waals surface area contributed by atoms with Crippen LogP contribution in [0.3, 0.4) is 0 Å². The number of fused-ring (bicyclic) bond motifs is 2. The van der Waals surface area contributed by atoms with Crippen LogP contribution in [0.1, 0.15) is 5.56 Å². The number of thioether (sulfide) groups is 2. The first kappa shape index (κ1) is 15.0. The van der Waals surface area contributed by atoms with E-state index >= 15 is 0 Å². The van der Waals surface area contributed by atoms with Gasteiger partial charge in [-0.05, 0) is 30.0 Å². The third-order valence-corrected chi connectivity index (χ3v) is 6.39. The molecule has 106 valence electrons.